The Balaban J connectivity index is 1.17. The minimum absolute atomic E-state index is 0.0356. The van der Waals surface area contributed by atoms with Gasteiger partial charge in [-0.15, -0.1) is 0 Å². The Kier molecular flexibility index (Phi) is 8.60. The van der Waals surface area contributed by atoms with Gasteiger partial charge >= 0.3 is 6.18 Å². The molecule has 2 aliphatic heterocycles. The van der Waals surface area contributed by atoms with E-state index in [4.69, 9.17) is 4.98 Å². The monoisotopic (exact) mass is 665 g/mol. The number of hydrogen-bond donors (Lipinski definition) is 1. The fourth-order valence-electron chi connectivity index (χ4n) is 6.79. The summed E-state index contributed by atoms with van der Waals surface area (Å²) in [6, 6.07) is 10.1. The van der Waals surface area contributed by atoms with E-state index in [2.05, 4.69) is 49.9 Å². The molecule has 0 bridgehead atoms. The predicted octanol–water partition coefficient (Wildman–Crippen LogP) is 6.96. The third-order valence-corrected chi connectivity index (χ3v) is 10.0. The van der Waals surface area contributed by atoms with Crippen LogP contribution in [0.5, 0.6) is 0 Å². The Morgan fingerprint density at radius 3 is 2.36 bits per heavy atom. The number of rotatable bonds is 7. The number of nitrogens with one attached hydrogen (secondary N) is 1. The van der Waals surface area contributed by atoms with Gasteiger partial charge in [-0.1, -0.05) is 6.07 Å². The molecule has 3 fully saturated rings. The van der Waals surface area contributed by atoms with Crippen molar-refractivity contribution < 1.29 is 17.6 Å². The molecule has 1 saturated carbocycles. The van der Waals surface area contributed by atoms with Crippen molar-refractivity contribution in [2.75, 3.05) is 56.5 Å². The zero-order valence-corrected chi connectivity index (χ0v) is 27.9. The molecule has 0 radical (unpaired) electrons. The number of anilines is 3. The highest BCUT2D eigenvalue weighted by Gasteiger charge is 2.37. The van der Waals surface area contributed by atoms with Gasteiger partial charge in [0.15, 0.2) is 11.5 Å². The lowest BCUT2D eigenvalue weighted by Crippen LogP contribution is -2.52. The van der Waals surface area contributed by atoms with E-state index < -0.39 is 26.1 Å². The number of piperidine rings is 1. The molecule has 1 aromatic carbocycles. The van der Waals surface area contributed by atoms with Crippen LogP contribution in [-0.2, 0) is 6.18 Å². The zero-order valence-electron chi connectivity index (χ0n) is 26.9. The number of likely N-dealkylation sites (N-methyl/N-ethyl adjacent to an activating group) is 1. The van der Waals surface area contributed by atoms with Crippen molar-refractivity contribution in [2.45, 2.75) is 56.9 Å². The maximum atomic E-state index is 15.8. The zero-order chi connectivity index (χ0) is 32.9. The number of halogens is 4. The van der Waals surface area contributed by atoms with E-state index in [1.54, 1.807) is 16.7 Å². The highest BCUT2D eigenvalue weighted by Crippen LogP contribution is 2.45. The van der Waals surface area contributed by atoms with E-state index in [1.165, 1.54) is 12.3 Å². The fourth-order valence-corrected chi connectivity index (χ4v) is 7.37. The summed E-state index contributed by atoms with van der Waals surface area (Å²) in [5.41, 5.74) is 0.481. The van der Waals surface area contributed by atoms with Gasteiger partial charge in [-0.25, -0.2) is 14.4 Å². The minimum atomic E-state index is -4.55. The van der Waals surface area contributed by atoms with Crippen LogP contribution in [0.1, 0.15) is 42.9 Å². The molecule has 0 spiro atoms. The largest absolute Gasteiger partial charge is 0.418 e. The highest BCUT2D eigenvalue weighted by molar-refractivity contribution is 6.43. The summed E-state index contributed by atoms with van der Waals surface area (Å²) in [6.45, 7) is 9.29. The van der Waals surface area contributed by atoms with Gasteiger partial charge in [0.05, 0.1) is 16.6 Å². The van der Waals surface area contributed by atoms with Gasteiger partial charge in [0.2, 0.25) is 5.95 Å². The summed E-state index contributed by atoms with van der Waals surface area (Å²) in [5, 5.41) is 3.20. The maximum Gasteiger partial charge on any atom is 0.418 e. The van der Waals surface area contributed by atoms with Crippen LogP contribution in [0.4, 0.5) is 40.7 Å². The number of pyridine rings is 1. The van der Waals surface area contributed by atoms with Crippen LogP contribution < -0.4 is 10.2 Å². The smallest absolute Gasteiger partial charge is 0.371 e. The fraction of sp³-hybridized carbons (Fsp3) is 0.485. The van der Waals surface area contributed by atoms with Crippen LogP contribution in [0.3, 0.4) is 0 Å². The van der Waals surface area contributed by atoms with Crippen LogP contribution in [0, 0.1) is 5.82 Å². The van der Waals surface area contributed by atoms with Crippen LogP contribution in [-0.4, -0.2) is 90.3 Å². The van der Waals surface area contributed by atoms with Crippen molar-refractivity contribution in [3.05, 3.63) is 59.7 Å². The Hall–Kier alpha value is -3.75. The topological polar surface area (TPSA) is 77.7 Å². The average Bonchev–Trinajstić information content (AvgIpc) is 3.84. The lowest BCUT2D eigenvalue weighted by Gasteiger charge is -2.43. The first-order chi connectivity index (χ1) is 22.5. The molecule has 0 amide bonds. The number of benzene rings is 1. The first-order valence-corrected chi connectivity index (χ1v) is 18.7. The van der Waals surface area contributed by atoms with Crippen molar-refractivity contribution in [3.63, 3.8) is 0 Å². The molecule has 4 aromatic rings. The van der Waals surface area contributed by atoms with E-state index in [0.29, 0.717) is 42.1 Å². The number of alkyl halides is 3. The standard InChI is InChI=1S/C33H39F4N9Si/c1-43-15-17-44(18-16-43)23-11-13-45(14-12-23)26-10-9-22(19-25(26)33(35,36)37)39-32-38-20-24-29(34)30(21-7-8-21)46(31(24)41-32)28-6-4-5-27(40-28)42-47(2)3/h4-6,9-10,19-21,23H,7-8,11-18H2,1-3H3,(H,38,39,41). The lowest BCUT2D eigenvalue weighted by molar-refractivity contribution is -0.137. The van der Waals surface area contributed by atoms with Gasteiger partial charge in [-0.3, -0.25) is 14.1 Å². The SMILES string of the molecule is CN1CCN(C2CCN(c3ccc(Nc4ncc5c(F)c(C6CC6)n(-c6cccc(N=[Si](C)C)n6)c5n4)cc3C(F)(F)F)CC2)CC1. The van der Waals surface area contributed by atoms with Crippen molar-refractivity contribution >= 4 is 42.8 Å². The molecule has 9 nitrogen and oxygen atoms in total. The third kappa shape index (κ3) is 6.68. The Morgan fingerprint density at radius 1 is 0.936 bits per heavy atom. The van der Waals surface area contributed by atoms with Crippen molar-refractivity contribution in [1.82, 2.24) is 29.3 Å². The summed E-state index contributed by atoms with van der Waals surface area (Å²) in [4.78, 5) is 20.3. The highest BCUT2D eigenvalue weighted by atomic mass is 28.2. The number of piperazine rings is 1. The predicted molar refractivity (Wildman–Crippen MR) is 177 cm³/mol. The van der Waals surface area contributed by atoms with E-state index >= 15 is 4.39 Å². The molecule has 0 atom stereocenters. The number of fused-ring (bicyclic) bond motifs is 1. The summed E-state index contributed by atoms with van der Waals surface area (Å²) in [7, 11) is 1.17. The molecule has 14 heteroatoms. The first kappa shape index (κ1) is 31.8. The molecule has 2 saturated heterocycles. The number of hydrogen-bond acceptors (Lipinski definition) is 8. The van der Waals surface area contributed by atoms with Gasteiger partial charge in [-0.2, -0.15) is 18.2 Å². The van der Waals surface area contributed by atoms with Crippen LogP contribution in [0.25, 0.3) is 16.9 Å². The quantitative estimate of drug-likeness (QED) is 0.169. The summed E-state index contributed by atoms with van der Waals surface area (Å²) in [6.07, 6.45) is 0.208. The number of nitrogens with zero attached hydrogens (tertiary/aromatic N) is 8. The molecular formula is C33H39F4N9Si. The average molecular weight is 666 g/mol. The van der Waals surface area contributed by atoms with Crippen molar-refractivity contribution in [1.29, 1.82) is 0 Å². The molecule has 47 heavy (non-hydrogen) atoms. The summed E-state index contributed by atoms with van der Waals surface area (Å²) in [5.74, 6) is 0.777. The van der Waals surface area contributed by atoms with Crippen LogP contribution >= 0.6 is 0 Å². The molecule has 1 N–H and O–H groups in total. The molecule has 0 unspecified atom stereocenters. The molecule has 3 aliphatic rings. The van der Waals surface area contributed by atoms with E-state index in [1.807, 2.05) is 17.0 Å². The summed E-state index contributed by atoms with van der Waals surface area (Å²) >= 11 is 0. The Labute approximate surface area is 273 Å². The molecule has 5 heterocycles. The molecular weight excluding hydrogens is 627 g/mol. The van der Waals surface area contributed by atoms with Crippen molar-refractivity contribution in [3.8, 4) is 5.82 Å². The minimum Gasteiger partial charge on any atom is -0.371 e. The van der Waals surface area contributed by atoms with Crippen LogP contribution in [0.2, 0.25) is 13.1 Å². The summed E-state index contributed by atoms with van der Waals surface area (Å²) < 4.78 is 65.5. The van der Waals surface area contributed by atoms with Gasteiger partial charge in [-0.05, 0) is 76.2 Å². The Morgan fingerprint density at radius 2 is 1.68 bits per heavy atom. The second kappa shape index (κ2) is 12.7. The second-order valence-electron chi connectivity index (χ2n) is 13.1. The van der Waals surface area contributed by atoms with Crippen molar-refractivity contribution in [2.24, 2.45) is 4.63 Å². The molecule has 7 rings (SSSR count). The van der Waals surface area contributed by atoms with E-state index in [0.717, 1.165) is 57.9 Å². The lowest BCUT2D eigenvalue weighted by atomic mass is 10.00. The maximum absolute atomic E-state index is 15.8. The van der Waals surface area contributed by atoms with Gasteiger partial charge in [0.25, 0.3) is 0 Å². The van der Waals surface area contributed by atoms with Gasteiger partial charge in [0.1, 0.15) is 20.2 Å². The normalized spacial score (nSPS) is 18.6. The first-order valence-electron chi connectivity index (χ1n) is 16.3. The van der Waals surface area contributed by atoms with E-state index in [9.17, 15) is 13.2 Å². The second-order valence-corrected chi connectivity index (χ2v) is 15.2. The third-order valence-electron chi connectivity index (χ3n) is 9.35. The van der Waals surface area contributed by atoms with Gasteiger partial charge < -0.3 is 15.1 Å². The molecule has 3 aromatic heterocycles. The van der Waals surface area contributed by atoms with Crippen LogP contribution in [0.15, 0.2) is 47.2 Å². The molecule has 1 aliphatic carbocycles. The Bertz CT molecular complexity index is 1800. The molecule has 248 valence electrons. The number of aromatic nitrogens is 4. The van der Waals surface area contributed by atoms with Gasteiger partial charge in [0, 0.05) is 68.8 Å². The van der Waals surface area contributed by atoms with E-state index in [-0.39, 0.29) is 28.6 Å².